The van der Waals surface area contributed by atoms with E-state index in [9.17, 15) is 0 Å². The molecule has 5 heteroatoms. The SMILES string of the molecule is c1ccc(N(c2ccccc2)c2cccc(N(c3ccccc3)c3ccc4sc5ccc(N(c6ccccc6)c6ccc7oc8ccccc8c7c6)cc5c4c3)c2)cc1. The first kappa shape index (κ1) is 34.6. The first-order valence-corrected chi connectivity index (χ1v) is 20.7. The van der Waals surface area contributed by atoms with Crippen LogP contribution in [-0.2, 0) is 0 Å². The molecule has 0 aliphatic rings. The molecule has 11 rings (SSSR count). The Morgan fingerprint density at radius 3 is 1.10 bits per heavy atom. The van der Waals surface area contributed by atoms with E-state index in [2.05, 4.69) is 227 Å². The maximum atomic E-state index is 6.22. The van der Waals surface area contributed by atoms with Crippen LogP contribution in [-0.4, -0.2) is 0 Å². The zero-order valence-electron chi connectivity index (χ0n) is 32.0. The van der Waals surface area contributed by atoms with Gasteiger partial charge in [-0.25, -0.2) is 0 Å². The van der Waals surface area contributed by atoms with Gasteiger partial charge < -0.3 is 19.1 Å². The number of benzene rings is 9. The number of para-hydroxylation sites is 5. The minimum absolute atomic E-state index is 0.885. The number of thiophene rings is 1. The van der Waals surface area contributed by atoms with Gasteiger partial charge in [-0.2, -0.15) is 0 Å². The zero-order chi connectivity index (χ0) is 39.1. The van der Waals surface area contributed by atoms with Gasteiger partial charge in [0.25, 0.3) is 0 Å². The number of nitrogens with zero attached hydrogens (tertiary/aromatic N) is 3. The second-order valence-electron chi connectivity index (χ2n) is 14.6. The fraction of sp³-hybridized carbons (Fsp3) is 0. The van der Waals surface area contributed by atoms with Gasteiger partial charge in [0.15, 0.2) is 0 Å². The van der Waals surface area contributed by atoms with Crippen molar-refractivity contribution in [2.24, 2.45) is 0 Å². The maximum Gasteiger partial charge on any atom is 0.135 e. The molecule has 9 aromatic carbocycles. The fourth-order valence-electron chi connectivity index (χ4n) is 8.31. The molecular formula is C54H37N3OS. The summed E-state index contributed by atoms with van der Waals surface area (Å²) in [4.78, 5) is 7.03. The van der Waals surface area contributed by atoms with Crippen molar-refractivity contribution in [1.29, 1.82) is 0 Å². The summed E-state index contributed by atoms with van der Waals surface area (Å²) in [5.41, 5.74) is 11.6. The molecule has 11 aromatic rings. The molecule has 0 aliphatic heterocycles. The molecular weight excluding hydrogens is 739 g/mol. The van der Waals surface area contributed by atoms with Gasteiger partial charge in [-0.3, -0.25) is 0 Å². The Balaban J connectivity index is 1.05. The quantitative estimate of drug-likeness (QED) is 0.146. The van der Waals surface area contributed by atoms with E-state index < -0.39 is 0 Å². The van der Waals surface area contributed by atoms with E-state index in [1.165, 1.54) is 20.2 Å². The van der Waals surface area contributed by atoms with Crippen LogP contribution in [0.5, 0.6) is 0 Å². The molecule has 59 heavy (non-hydrogen) atoms. The van der Waals surface area contributed by atoms with Crippen LogP contribution >= 0.6 is 11.3 Å². The lowest BCUT2D eigenvalue weighted by atomic mass is 10.1. The van der Waals surface area contributed by atoms with Gasteiger partial charge in [0.05, 0.1) is 0 Å². The Morgan fingerprint density at radius 2 is 0.610 bits per heavy atom. The predicted octanol–water partition coefficient (Wildman–Crippen LogP) is 16.4. The van der Waals surface area contributed by atoms with Crippen molar-refractivity contribution in [3.05, 3.63) is 224 Å². The van der Waals surface area contributed by atoms with Crippen LogP contribution in [0.4, 0.5) is 51.2 Å². The molecule has 0 spiro atoms. The Bertz CT molecular complexity index is 3190. The van der Waals surface area contributed by atoms with Crippen molar-refractivity contribution >= 4 is 105 Å². The van der Waals surface area contributed by atoms with Crippen LogP contribution in [0.15, 0.2) is 229 Å². The monoisotopic (exact) mass is 775 g/mol. The average molecular weight is 776 g/mol. The number of furan rings is 1. The Morgan fingerprint density at radius 1 is 0.254 bits per heavy atom. The molecule has 0 aliphatic carbocycles. The molecule has 0 fully saturated rings. The summed E-state index contributed by atoms with van der Waals surface area (Å²) in [6.45, 7) is 0. The Kier molecular flexibility index (Phi) is 8.64. The van der Waals surface area contributed by atoms with Crippen molar-refractivity contribution in [3.63, 3.8) is 0 Å². The minimum Gasteiger partial charge on any atom is -0.456 e. The topological polar surface area (TPSA) is 22.9 Å². The average Bonchev–Trinajstić information content (AvgIpc) is 3.86. The number of anilines is 9. The number of hydrogen-bond acceptors (Lipinski definition) is 5. The summed E-state index contributed by atoms with van der Waals surface area (Å²) in [5, 5.41) is 4.67. The third-order valence-corrected chi connectivity index (χ3v) is 12.1. The molecule has 0 radical (unpaired) electrons. The van der Waals surface area contributed by atoms with Gasteiger partial charge in [-0.05, 0) is 127 Å². The van der Waals surface area contributed by atoms with Crippen LogP contribution in [0.25, 0.3) is 42.1 Å². The van der Waals surface area contributed by atoms with Crippen molar-refractivity contribution in [1.82, 2.24) is 0 Å². The van der Waals surface area contributed by atoms with E-state index in [4.69, 9.17) is 4.42 Å². The molecule has 0 saturated carbocycles. The predicted molar refractivity (Wildman–Crippen MR) is 251 cm³/mol. The summed E-state index contributed by atoms with van der Waals surface area (Å²) in [5.74, 6) is 0. The van der Waals surface area contributed by atoms with E-state index in [-0.39, 0.29) is 0 Å². The molecule has 2 aromatic heterocycles. The fourth-order valence-corrected chi connectivity index (χ4v) is 9.37. The molecule has 0 bridgehead atoms. The third kappa shape index (κ3) is 6.35. The summed E-state index contributed by atoms with van der Waals surface area (Å²) >= 11 is 1.84. The molecule has 2 heterocycles. The van der Waals surface area contributed by atoms with E-state index >= 15 is 0 Å². The standard InChI is InChI=1S/C54H37N3OS/c1-5-16-38(17-6-1)55(39-18-7-2-8-19-39)42-24-15-25-43(34-42)56(40-20-9-3-10-21-40)45-29-32-53-49(36-45)50-37-46(30-33-54(50)59-53)57(41-22-11-4-12-23-41)44-28-31-52-48(35-44)47-26-13-14-27-51(47)58-52/h1-37H. The van der Waals surface area contributed by atoms with Gasteiger partial charge in [0, 0.05) is 82.1 Å². The van der Waals surface area contributed by atoms with Gasteiger partial charge >= 0.3 is 0 Å². The van der Waals surface area contributed by atoms with Crippen molar-refractivity contribution in [2.45, 2.75) is 0 Å². The lowest BCUT2D eigenvalue weighted by molar-refractivity contribution is 0.669. The van der Waals surface area contributed by atoms with Crippen LogP contribution in [0.2, 0.25) is 0 Å². The molecule has 0 amide bonds. The highest BCUT2D eigenvalue weighted by molar-refractivity contribution is 7.25. The van der Waals surface area contributed by atoms with E-state index in [1.807, 2.05) is 23.5 Å². The summed E-state index contributed by atoms with van der Waals surface area (Å²) in [6, 6.07) is 79.8. The van der Waals surface area contributed by atoms with E-state index in [1.54, 1.807) is 0 Å². The molecule has 280 valence electrons. The minimum atomic E-state index is 0.885. The first-order chi connectivity index (χ1) is 29.2. The lowest BCUT2D eigenvalue weighted by Gasteiger charge is -2.29. The smallest absolute Gasteiger partial charge is 0.135 e. The van der Waals surface area contributed by atoms with Crippen LogP contribution in [0.1, 0.15) is 0 Å². The summed E-state index contributed by atoms with van der Waals surface area (Å²) < 4.78 is 8.72. The number of hydrogen-bond donors (Lipinski definition) is 0. The van der Waals surface area contributed by atoms with E-state index in [0.717, 1.165) is 73.1 Å². The first-order valence-electron chi connectivity index (χ1n) is 19.8. The highest BCUT2D eigenvalue weighted by Crippen LogP contribution is 2.45. The molecule has 4 nitrogen and oxygen atoms in total. The second kappa shape index (κ2) is 14.7. The van der Waals surface area contributed by atoms with Crippen molar-refractivity contribution in [3.8, 4) is 0 Å². The van der Waals surface area contributed by atoms with Gasteiger partial charge in [0.2, 0.25) is 0 Å². The summed E-state index contributed by atoms with van der Waals surface area (Å²) in [6.07, 6.45) is 0. The highest BCUT2D eigenvalue weighted by atomic mass is 32.1. The van der Waals surface area contributed by atoms with Gasteiger partial charge in [0.1, 0.15) is 11.2 Å². The normalized spacial score (nSPS) is 11.4. The zero-order valence-corrected chi connectivity index (χ0v) is 32.8. The van der Waals surface area contributed by atoms with Gasteiger partial charge in [-0.1, -0.05) is 97.1 Å². The van der Waals surface area contributed by atoms with Crippen molar-refractivity contribution < 1.29 is 4.42 Å². The van der Waals surface area contributed by atoms with Crippen LogP contribution in [0.3, 0.4) is 0 Å². The molecule has 0 unspecified atom stereocenters. The van der Waals surface area contributed by atoms with Crippen molar-refractivity contribution in [2.75, 3.05) is 14.7 Å². The molecule has 0 atom stereocenters. The second-order valence-corrected chi connectivity index (χ2v) is 15.7. The maximum absolute atomic E-state index is 6.22. The number of fused-ring (bicyclic) bond motifs is 6. The molecule has 0 N–H and O–H groups in total. The Labute approximate surface area is 346 Å². The highest BCUT2D eigenvalue weighted by Gasteiger charge is 2.20. The third-order valence-electron chi connectivity index (χ3n) is 11.0. The molecule has 0 saturated heterocycles. The lowest BCUT2D eigenvalue weighted by Crippen LogP contribution is -2.13. The van der Waals surface area contributed by atoms with E-state index in [0.29, 0.717) is 0 Å². The van der Waals surface area contributed by atoms with Gasteiger partial charge in [-0.15, -0.1) is 11.3 Å². The summed E-state index contributed by atoms with van der Waals surface area (Å²) in [7, 11) is 0. The largest absolute Gasteiger partial charge is 0.456 e. The number of rotatable bonds is 9. The van der Waals surface area contributed by atoms with Crippen LogP contribution < -0.4 is 14.7 Å². The van der Waals surface area contributed by atoms with Crippen LogP contribution in [0, 0.1) is 0 Å². The Hall–Kier alpha value is -7.60.